The minimum absolute atomic E-state index is 0.00892. The van der Waals surface area contributed by atoms with Crippen LogP contribution in [0.1, 0.15) is 24.0 Å². The molecular weight excluding hydrogens is 316 g/mol. The van der Waals surface area contributed by atoms with Crippen molar-refractivity contribution in [3.63, 3.8) is 0 Å². The van der Waals surface area contributed by atoms with Gasteiger partial charge in [0.2, 0.25) is 15.9 Å². The number of sulfonamides is 1. The van der Waals surface area contributed by atoms with Crippen molar-refractivity contribution in [3.8, 4) is 0 Å². The first-order valence-corrected chi connectivity index (χ1v) is 9.55. The number of ether oxygens (including phenoxy) is 1. The topological polar surface area (TPSA) is 75.7 Å². The third-order valence-corrected chi connectivity index (χ3v) is 5.47. The molecule has 1 fully saturated rings. The zero-order chi connectivity index (χ0) is 16.9. The second-order valence-corrected chi connectivity index (χ2v) is 7.84. The van der Waals surface area contributed by atoms with E-state index in [1.807, 2.05) is 24.3 Å². The SMILES string of the molecule is COCc1ccccc1CNC(=O)C1CCN(S(C)(=O)=O)CC1. The lowest BCUT2D eigenvalue weighted by Gasteiger charge is -2.29. The largest absolute Gasteiger partial charge is 0.380 e. The molecule has 1 aliphatic rings. The first-order chi connectivity index (χ1) is 10.9. The number of nitrogens with zero attached hydrogens (tertiary/aromatic N) is 1. The molecule has 0 atom stereocenters. The van der Waals surface area contributed by atoms with E-state index in [4.69, 9.17) is 4.74 Å². The number of piperidine rings is 1. The molecule has 1 N–H and O–H groups in total. The lowest BCUT2D eigenvalue weighted by molar-refractivity contribution is -0.126. The average Bonchev–Trinajstić information content (AvgIpc) is 2.53. The van der Waals surface area contributed by atoms with E-state index in [9.17, 15) is 13.2 Å². The summed E-state index contributed by atoms with van der Waals surface area (Å²) >= 11 is 0. The highest BCUT2D eigenvalue weighted by atomic mass is 32.2. The molecular formula is C16H24N2O4S. The van der Waals surface area contributed by atoms with Gasteiger partial charge in [-0.15, -0.1) is 0 Å². The minimum atomic E-state index is -3.15. The highest BCUT2D eigenvalue weighted by molar-refractivity contribution is 7.88. The molecule has 0 radical (unpaired) electrons. The van der Waals surface area contributed by atoms with Gasteiger partial charge in [0.25, 0.3) is 0 Å². The van der Waals surface area contributed by atoms with Crippen LogP contribution in [0, 0.1) is 5.92 Å². The smallest absolute Gasteiger partial charge is 0.223 e. The number of carbonyl (C=O) groups is 1. The van der Waals surface area contributed by atoms with Crippen LogP contribution in [-0.4, -0.2) is 45.1 Å². The Morgan fingerprint density at radius 2 is 1.87 bits per heavy atom. The molecule has 1 saturated heterocycles. The van der Waals surface area contributed by atoms with E-state index >= 15 is 0 Å². The van der Waals surface area contributed by atoms with Gasteiger partial charge in [-0.2, -0.15) is 0 Å². The lowest BCUT2D eigenvalue weighted by Crippen LogP contribution is -2.42. The number of methoxy groups -OCH3 is 1. The number of carbonyl (C=O) groups excluding carboxylic acids is 1. The number of benzene rings is 1. The second-order valence-electron chi connectivity index (χ2n) is 5.86. The van der Waals surface area contributed by atoms with E-state index in [2.05, 4.69) is 5.32 Å². The molecule has 0 bridgehead atoms. The van der Waals surface area contributed by atoms with E-state index in [1.165, 1.54) is 10.6 Å². The molecule has 0 aromatic heterocycles. The Hall–Kier alpha value is -1.44. The highest BCUT2D eigenvalue weighted by Crippen LogP contribution is 2.19. The maximum Gasteiger partial charge on any atom is 0.223 e. The monoisotopic (exact) mass is 340 g/mol. The van der Waals surface area contributed by atoms with Crippen LogP contribution < -0.4 is 5.32 Å². The molecule has 128 valence electrons. The molecule has 0 unspecified atom stereocenters. The first kappa shape index (κ1) is 17.9. The Labute approximate surface area is 137 Å². The third kappa shape index (κ3) is 5.02. The number of rotatable bonds is 6. The van der Waals surface area contributed by atoms with Crippen molar-refractivity contribution < 1.29 is 17.9 Å². The molecule has 6 nitrogen and oxygen atoms in total. The average molecular weight is 340 g/mol. The van der Waals surface area contributed by atoms with Crippen LogP contribution in [0.25, 0.3) is 0 Å². The second kappa shape index (κ2) is 7.90. The number of amides is 1. The summed E-state index contributed by atoms with van der Waals surface area (Å²) in [6.45, 7) is 1.80. The minimum Gasteiger partial charge on any atom is -0.380 e. The van der Waals surface area contributed by atoms with E-state index < -0.39 is 10.0 Å². The molecule has 1 aliphatic heterocycles. The van der Waals surface area contributed by atoms with Crippen LogP contribution in [-0.2, 0) is 32.7 Å². The van der Waals surface area contributed by atoms with Gasteiger partial charge in [-0.3, -0.25) is 4.79 Å². The maximum atomic E-state index is 12.3. The van der Waals surface area contributed by atoms with E-state index in [0.29, 0.717) is 39.1 Å². The number of hydrogen-bond donors (Lipinski definition) is 1. The summed E-state index contributed by atoms with van der Waals surface area (Å²) in [6, 6.07) is 7.84. The van der Waals surface area contributed by atoms with Gasteiger partial charge < -0.3 is 10.1 Å². The summed E-state index contributed by atoms with van der Waals surface area (Å²) in [5, 5.41) is 2.96. The Bertz CT molecular complexity index is 637. The van der Waals surface area contributed by atoms with Gasteiger partial charge in [0.15, 0.2) is 0 Å². The van der Waals surface area contributed by atoms with Crippen molar-refractivity contribution in [2.45, 2.75) is 26.0 Å². The van der Waals surface area contributed by atoms with Crippen LogP contribution in [0.5, 0.6) is 0 Å². The molecule has 2 rings (SSSR count). The van der Waals surface area contributed by atoms with Crippen molar-refractivity contribution in [3.05, 3.63) is 35.4 Å². The molecule has 1 amide bonds. The summed E-state index contributed by atoms with van der Waals surface area (Å²) in [5.41, 5.74) is 2.10. The Kier molecular flexibility index (Phi) is 6.15. The van der Waals surface area contributed by atoms with E-state index in [-0.39, 0.29) is 11.8 Å². The quantitative estimate of drug-likeness (QED) is 0.842. The van der Waals surface area contributed by atoms with Crippen molar-refractivity contribution >= 4 is 15.9 Å². The van der Waals surface area contributed by atoms with Gasteiger partial charge in [0, 0.05) is 32.7 Å². The molecule has 7 heteroatoms. The van der Waals surface area contributed by atoms with Crippen LogP contribution in [0.3, 0.4) is 0 Å². The summed E-state index contributed by atoms with van der Waals surface area (Å²) in [7, 11) is -1.51. The molecule has 1 heterocycles. The molecule has 1 aromatic carbocycles. The third-order valence-electron chi connectivity index (χ3n) is 4.17. The zero-order valence-electron chi connectivity index (χ0n) is 13.6. The van der Waals surface area contributed by atoms with Crippen molar-refractivity contribution in [2.75, 3.05) is 26.5 Å². The number of nitrogens with one attached hydrogen (secondary N) is 1. The molecule has 1 aromatic rings. The molecule has 0 aliphatic carbocycles. The molecule has 0 saturated carbocycles. The van der Waals surface area contributed by atoms with Gasteiger partial charge in [-0.05, 0) is 24.0 Å². The summed E-state index contributed by atoms with van der Waals surface area (Å²) in [4.78, 5) is 12.3. The van der Waals surface area contributed by atoms with Crippen LogP contribution in [0.2, 0.25) is 0 Å². The lowest BCUT2D eigenvalue weighted by atomic mass is 9.97. The molecule has 0 spiro atoms. The normalized spacial score (nSPS) is 17.1. The first-order valence-electron chi connectivity index (χ1n) is 7.70. The van der Waals surface area contributed by atoms with Crippen LogP contribution in [0.4, 0.5) is 0 Å². The standard InChI is InChI=1S/C16H24N2O4S/c1-22-12-15-6-4-3-5-14(15)11-17-16(19)13-7-9-18(10-8-13)23(2,20)21/h3-6,13H,7-12H2,1-2H3,(H,17,19). The summed E-state index contributed by atoms with van der Waals surface area (Å²) in [6.07, 6.45) is 2.34. The predicted octanol–water partition coefficient (Wildman–Crippen LogP) is 1.12. The fourth-order valence-corrected chi connectivity index (χ4v) is 3.68. The van der Waals surface area contributed by atoms with Crippen molar-refractivity contribution in [1.29, 1.82) is 0 Å². The fourth-order valence-electron chi connectivity index (χ4n) is 2.80. The highest BCUT2D eigenvalue weighted by Gasteiger charge is 2.28. The van der Waals surface area contributed by atoms with Gasteiger partial charge >= 0.3 is 0 Å². The molecule has 23 heavy (non-hydrogen) atoms. The summed E-state index contributed by atoms with van der Waals surface area (Å²) in [5.74, 6) is -0.132. The Balaban J connectivity index is 1.87. The van der Waals surface area contributed by atoms with Crippen molar-refractivity contribution in [1.82, 2.24) is 9.62 Å². The van der Waals surface area contributed by atoms with Crippen LogP contribution in [0.15, 0.2) is 24.3 Å². The van der Waals surface area contributed by atoms with Gasteiger partial charge in [0.1, 0.15) is 0 Å². The zero-order valence-corrected chi connectivity index (χ0v) is 14.4. The Morgan fingerprint density at radius 1 is 1.26 bits per heavy atom. The predicted molar refractivity (Wildman–Crippen MR) is 88.1 cm³/mol. The van der Waals surface area contributed by atoms with Crippen molar-refractivity contribution in [2.24, 2.45) is 5.92 Å². The van der Waals surface area contributed by atoms with Crippen LogP contribution >= 0.6 is 0 Å². The van der Waals surface area contributed by atoms with Gasteiger partial charge in [-0.1, -0.05) is 24.3 Å². The fraction of sp³-hybridized carbons (Fsp3) is 0.562. The number of hydrogen-bond acceptors (Lipinski definition) is 4. The van der Waals surface area contributed by atoms with Gasteiger partial charge in [-0.25, -0.2) is 12.7 Å². The summed E-state index contributed by atoms with van der Waals surface area (Å²) < 4.78 is 29.6. The van der Waals surface area contributed by atoms with E-state index in [1.54, 1.807) is 7.11 Å². The maximum absolute atomic E-state index is 12.3. The van der Waals surface area contributed by atoms with E-state index in [0.717, 1.165) is 11.1 Å². The van der Waals surface area contributed by atoms with Gasteiger partial charge in [0.05, 0.1) is 12.9 Å². The Morgan fingerprint density at radius 3 is 2.43 bits per heavy atom.